The molecule has 0 aromatic rings. The Morgan fingerprint density at radius 1 is 1.07 bits per heavy atom. The number of amides is 3. The normalized spacial score (nSPS) is 20.6. The lowest BCUT2D eigenvalue weighted by atomic mass is 9.91. The van der Waals surface area contributed by atoms with Crippen LogP contribution in [0.4, 0.5) is 4.79 Å². The van der Waals surface area contributed by atoms with Crippen LogP contribution in [0.5, 0.6) is 0 Å². The van der Waals surface area contributed by atoms with E-state index < -0.39 is 5.60 Å². The first-order valence-electron chi connectivity index (χ1n) is 11.2. The first kappa shape index (κ1) is 24.2. The van der Waals surface area contributed by atoms with Crippen molar-refractivity contribution in [1.29, 1.82) is 0 Å². The molecule has 0 aromatic heterocycles. The number of rotatable bonds is 7. The predicted octanol–water partition coefficient (Wildman–Crippen LogP) is 2.36. The van der Waals surface area contributed by atoms with Crippen molar-refractivity contribution < 1.29 is 23.9 Å². The van der Waals surface area contributed by atoms with Gasteiger partial charge in [0.15, 0.2) is 0 Å². The highest BCUT2D eigenvalue weighted by Gasteiger charge is 2.30. The maximum atomic E-state index is 12.7. The van der Waals surface area contributed by atoms with E-state index in [0.717, 1.165) is 38.4 Å². The van der Waals surface area contributed by atoms with Gasteiger partial charge in [0, 0.05) is 45.6 Å². The van der Waals surface area contributed by atoms with Crippen molar-refractivity contribution in [3.8, 4) is 0 Å². The van der Waals surface area contributed by atoms with Gasteiger partial charge in [0.2, 0.25) is 11.8 Å². The molecule has 2 heterocycles. The summed E-state index contributed by atoms with van der Waals surface area (Å²) in [4.78, 5) is 51.0. The van der Waals surface area contributed by atoms with Crippen LogP contribution in [-0.2, 0) is 19.1 Å². The molecule has 3 amide bonds. The third-order valence-corrected chi connectivity index (χ3v) is 5.74. The highest BCUT2D eigenvalue weighted by molar-refractivity contribution is 5.81. The van der Waals surface area contributed by atoms with Gasteiger partial charge in [-0.25, -0.2) is 4.79 Å². The molecular weight excluding hydrogens is 386 g/mol. The van der Waals surface area contributed by atoms with Crippen molar-refractivity contribution in [3.05, 3.63) is 0 Å². The molecule has 2 saturated heterocycles. The van der Waals surface area contributed by atoms with Gasteiger partial charge in [0.05, 0.1) is 5.92 Å². The van der Waals surface area contributed by atoms with Crippen LogP contribution in [0.25, 0.3) is 0 Å². The van der Waals surface area contributed by atoms with Crippen LogP contribution in [0, 0.1) is 11.8 Å². The highest BCUT2D eigenvalue weighted by atomic mass is 16.6. The van der Waals surface area contributed by atoms with Gasteiger partial charge in [0.25, 0.3) is 0 Å². The molecule has 0 radical (unpaired) electrons. The topological polar surface area (TPSA) is 96.0 Å². The van der Waals surface area contributed by atoms with Gasteiger partial charge >= 0.3 is 6.09 Å². The van der Waals surface area contributed by atoms with Gasteiger partial charge in [-0.3, -0.25) is 9.59 Å². The average molecular weight is 424 g/mol. The van der Waals surface area contributed by atoms with Gasteiger partial charge in [-0.1, -0.05) is 0 Å². The molecule has 2 aliphatic rings. The van der Waals surface area contributed by atoms with Crippen molar-refractivity contribution in [1.82, 2.24) is 15.1 Å². The fraction of sp³-hybridized carbons (Fsp3) is 0.818. The van der Waals surface area contributed by atoms with E-state index in [9.17, 15) is 19.2 Å². The van der Waals surface area contributed by atoms with Crippen molar-refractivity contribution in [2.45, 2.75) is 71.3 Å². The lowest BCUT2D eigenvalue weighted by molar-refractivity contribution is -0.136. The SMILES string of the molecule is CC(C)(C)OC(=O)N1CCC(CCC(=O)N2CCC[C@@H](C(=O)NCCC=O)C2)CC1. The number of carbonyl (C=O) groups is 4. The zero-order valence-electron chi connectivity index (χ0n) is 18.7. The van der Waals surface area contributed by atoms with Crippen LogP contribution in [0.1, 0.15) is 65.7 Å². The summed E-state index contributed by atoms with van der Waals surface area (Å²) < 4.78 is 5.43. The molecule has 0 saturated carbocycles. The number of nitrogens with zero attached hydrogens (tertiary/aromatic N) is 2. The third-order valence-electron chi connectivity index (χ3n) is 5.74. The predicted molar refractivity (Wildman–Crippen MR) is 113 cm³/mol. The number of hydrogen-bond acceptors (Lipinski definition) is 5. The van der Waals surface area contributed by atoms with Crippen molar-refractivity contribution in [2.75, 3.05) is 32.7 Å². The zero-order chi connectivity index (χ0) is 22.1. The number of likely N-dealkylation sites (tertiary alicyclic amines) is 2. The number of piperidine rings is 2. The molecule has 170 valence electrons. The number of ether oxygens (including phenoxy) is 1. The Morgan fingerprint density at radius 2 is 1.77 bits per heavy atom. The summed E-state index contributed by atoms with van der Waals surface area (Å²) in [7, 11) is 0. The van der Waals surface area contributed by atoms with Crippen LogP contribution in [-0.4, -0.2) is 72.3 Å². The molecule has 30 heavy (non-hydrogen) atoms. The standard InChI is InChI=1S/C22H37N3O5/c1-22(2,3)30-21(29)24-13-9-17(10-14-24)7-8-19(27)25-12-4-6-18(16-25)20(28)23-11-5-15-26/h15,17-18H,4-14,16H2,1-3H3,(H,23,28)/t18-/m1/s1. The van der Waals surface area contributed by atoms with Crippen molar-refractivity contribution in [3.63, 3.8) is 0 Å². The van der Waals surface area contributed by atoms with Gasteiger partial charge in [-0.2, -0.15) is 0 Å². The molecule has 0 bridgehead atoms. The summed E-state index contributed by atoms with van der Waals surface area (Å²) in [5, 5.41) is 2.77. The average Bonchev–Trinajstić information content (AvgIpc) is 2.71. The minimum atomic E-state index is -0.488. The van der Waals surface area contributed by atoms with Crippen LogP contribution in [0.3, 0.4) is 0 Å². The Labute approximate surface area is 179 Å². The van der Waals surface area contributed by atoms with Crippen molar-refractivity contribution in [2.24, 2.45) is 11.8 Å². The van der Waals surface area contributed by atoms with E-state index in [0.29, 0.717) is 51.5 Å². The van der Waals surface area contributed by atoms with Crippen molar-refractivity contribution >= 4 is 24.2 Å². The minimum absolute atomic E-state index is 0.0659. The lowest BCUT2D eigenvalue weighted by Gasteiger charge is -2.34. The highest BCUT2D eigenvalue weighted by Crippen LogP contribution is 2.25. The summed E-state index contributed by atoms with van der Waals surface area (Å²) in [6, 6.07) is 0. The quantitative estimate of drug-likeness (QED) is 0.501. The summed E-state index contributed by atoms with van der Waals surface area (Å²) in [6.07, 6.45) is 5.50. The second-order valence-electron chi connectivity index (χ2n) is 9.37. The smallest absolute Gasteiger partial charge is 0.410 e. The van der Waals surface area contributed by atoms with E-state index in [-0.39, 0.29) is 23.8 Å². The first-order chi connectivity index (χ1) is 14.2. The maximum Gasteiger partial charge on any atom is 0.410 e. The van der Waals surface area contributed by atoms with E-state index in [2.05, 4.69) is 5.32 Å². The molecule has 2 rings (SSSR count). The van der Waals surface area contributed by atoms with Gasteiger partial charge in [-0.05, 0) is 58.8 Å². The Morgan fingerprint density at radius 3 is 2.40 bits per heavy atom. The largest absolute Gasteiger partial charge is 0.444 e. The second-order valence-corrected chi connectivity index (χ2v) is 9.37. The first-order valence-corrected chi connectivity index (χ1v) is 11.2. The summed E-state index contributed by atoms with van der Waals surface area (Å²) in [6.45, 7) is 8.45. The monoisotopic (exact) mass is 423 g/mol. The van der Waals surface area contributed by atoms with E-state index >= 15 is 0 Å². The number of carbonyl (C=O) groups excluding carboxylic acids is 4. The van der Waals surface area contributed by atoms with Gasteiger partial charge in [0.1, 0.15) is 11.9 Å². The van der Waals surface area contributed by atoms with Crippen LogP contribution >= 0.6 is 0 Å². The molecule has 0 unspecified atom stereocenters. The van der Waals surface area contributed by atoms with E-state index in [1.807, 2.05) is 25.7 Å². The molecule has 8 nitrogen and oxygen atoms in total. The van der Waals surface area contributed by atoms with Gasteiger partial charge in [-0.15, -0.1) is 0 Å². The lowest BCUT2D eigenvalue weighted by Crippen LogP contribution is -2.45. The van der Waals surface area contributed by atoms with E-state index in [1.54, 1.807) is 4.90 Å². The molecule has 2 aliphatic heterocycles. The Kier molecular flexibility index (Phi) is 9.11. The Balaban J connectivity index is 1.70. The Hall–Kier alpha value is -2.12. The summed E-state index contributed by atoms with van der Waals surface area (Å²) in [5.74, 6) is 0.283. The molecular formula is C22H37N3O5. The number of aldehydes is 1. The minimum Gasteiger partial charge on any atom is -0.444 e. The molecule has 1 atom stereocenters. The molecule has 0 aliphatic carbocycles. The van der Waals surface area contributed by atoms with Crippen LogP contribution in [0.15, 0.2) is 0 Å². The Bertz CT molecular complexity index is 608. The number of nitrogens with one attached hydrogen (secondary N) is 1. The van der Waals surface area contributed by atoms with Gasteiger partial charge < -0.3 is 24.6 Å². The van der Waals surface area contributed by atoms with E-state index in [1.165, 1.54) is 0 Å². The molecule has 1 N–H and O–H groups in total. The number of hydrogen-bond donors (Lipinski definition) is 1. The fourth-order valence-electron chi connectivity index (χ4n) is 4.03. The fourth-order valence-corrected chi connectivity index (χ4v) is 4.03. The van der Waals surface area contributed by atoms with E-state index in [4.69, 9.17) is 4.74 Å². The summed E-state index contributed by atoms with van der Waals surface area (Å²) in [5.41, 5.74) is -0.488. The summed E-state index contributed by atoms with van der Waals surface area (Å²) >= 11 is 0. The zero-order valence-corrected chi connectivity index (χ0v) is 18.7. The molecule has 0 aromatic carbocycles. The third kappa shape index (κ3) is 7.95. The molecule has 8 heteroatoms. The van der Waals surface area contributed by atoms with Crippen LogP contribution in [0.2, 0.25) is 0 Å². The van der Waals surface area contributed by atoms with Crippen LogP contribution < -0.4 is 5.32 Å². The maximum absolute atomic E-state index is 12.7. The molecule has 0 spiro atoms. The second kappa shape index (κ2) is 11.3. The molecule has 2 fully saturated rings.